The Morgan fingerprint density at radius 3 is 2.79 bits per heavy atom. The van der Waals surface area contributed by atoms with Crippen molar-refractivity contribution in [1.82, 2.24) is 19.6 Å². The first-order valence-corrected chi connectivity index (χ1v) is 9.43. The molecule has 0 aliphatic rings. The molecule has 7 nitrogen and oxygen atoms in total. The smallest absolute Gasteiger partial charge is 0.268 e. The monoisotopic (exact) mass is 364 g/mol. The van der Waals surface area contributed by atoms with Gasteiger partial charge in [-0.1, -0.05) is 12.1 Å². The Bertz CT molecular complexity index is 972. The molecule has 1 amide bonds. The van der Waals surface area contributed by atoms with Crippen LogP contribution in [0.3, 0.4) is 0 Å². The maximum atomic E-state index is 12.3. The molecule has 0 aliphatic heterocycles. The molecule has 2 aromatic heterocycles. The van der Waals surface area contributed by atoms with Crippen LogP contribution in [0.4, 0.5) is 0 Å². The van der Waals surface area contributed by atoms with E-state index in [1.807, 2.05) is 24.3 Å². The standard InChI is InChI=1S/C15H16N4O3S2/c1-16-24(21,22)10-7-12(19(2)9-10)15(20)17-8-14-18-11-5-3-4-6-13(11)23-14/h3-7,9,16H,8H2,1-2H3,(H,17,20). The molecule has 0 saturated heterocycles. The molecule has 24 heavy (non-hydrogen) atoms. The van der Waals surface area contributed by atoms with Gasteiger partial charge in [0.05, 0.1) is 16.8 Å². The summed E-state index contributed by atoms with van der Waals surface area (Å²) >= 11 is 1.51. The summed E-state index contributed by atoms with van der Waals surface area (Å²) in [4.78, 5) is 16.8. The van der Waals surface area contributed by atoms with Gasteiger partial charge in [0.15, 0.2) is 0 Å². The number of aryl methyl sites for hydroxylation is 1. The van der Waals surface area contributed by atoms with Crippen LogP contribution in [0.1, 0.15) is 15.5 Å². The number of rotatable bonds is 5. The Morgan fingerprint density at radius 2 is 2.08 bits per heavy atom. The molecule has 3 aromatic rings. The molecule has 0 fully saturated rings. The molecule has 0 radical (unpaired) electrons. The van der Waals surface area contributed by atoms with Crippen molar-refractivity contribution < 1.29 is 13.2 Å². The molecule has 0 aliphatic carbocycles. The van der Waals surface area contributed by atoms with Gasteiger partial charge >= 0.3 is 0 Å². The number of thiazole rings is 1. The van der Waals surface area contributed by atoms with Gasteiger partial charge in [-0.2, -0.15) is 0 Å². The lowest BCUT2D eigenvalue weighted by Crippen LogP contribution is -2.24. The van der Waals surface area contributed by atoms with Gasteiger partial charge < -0.3 is 9.88 Å². The number of hydrogen-bond acceptors (Lipinski definition) is 5. The Labute approximate surface area is 143 Å². The molecule has 0 atom stereocenters. The zero-order chi connectivity index (χ0) is 17.3. The molecule has 0 spiro atoms. The van der Waals surface area contributed by atoms with E-state index in [4.69, 9.17) is 0 Å². The van der Waals surface area contributed by atoms with Crippen molar-refractivity contribution in [2.24, 2.45) is 7.05 Å². The van der Waals surface area contributed by atoms with Crippen molar-refractivity contribution in [3.8, 4) is 0 Å². The quantitative estimate of drug-likeness (QED) is 0.717. The van der Waals surface area contributed by atoms with Crippen molar-refractivity contribution in [3.05, 3.63) is 47.2 Å². The van der Waals surface area contributed by atoms with E-state index in [2.05, 4.69) is 15.0 Å². The Hall–Kier alpha value is -2.23. The number of carbonyl (C=O) groups is 1. The topological polar surface area (TPSA) is 93.1 Å². The summed E-state index contributed by atoms with van der Waals surface area (Å²) in [6.45, 7) is 0.289. The SMILES string of the molecule is CNS(=O)(=O)c1cc(C(=O)NCc2nc3ccccc3s2)n(C)c1. The van der Waals surface area contributed by atoms with E-state index in [0.717, 1.165) is 15.2 Å². The molecule has 0 unspecified atom stereocenters. The normalized spacial score (nSPS) is 11.8. The molecular weight excluding hydrogens is 348 g/mol. The summed E-state index contributed by atoms with van der Waals surface area (Å²) < 4.78 is 28.4. The van der Waals surface area contributed by atoms with E-state index < -0.39 is 10.0 Å². The van der Waals surface area contributed by atoms with Crippen LogP contribution >= 0.6 is 11.3 Å². The lowest BCUT2D eigenvalue weighted by atomic mass is 10.3. The van der Waals surface area contributed by atoms with E-state index in [9.17, 15) is 13.2 Å². The van der Waals surface area contributed by atoms with Gasteiger partial charge in [0, 0.05) is 13.2 Å². The van der Waals surface area contributed by atoms with E-state index in [0.29, 0.717) is 0 Å². The Morgan fingerprint density at radius 1 is 1.33 bits per heavy atom. The number of para-hydroxylation sites is 1. The molecular formula is C15H16N4O3S2. The summed E-state index contributed by atoms with van der Waals surface area (Å²) in [5.41, 5.74) is 1.16. The van der Waals surface area contributed by atoms with Gasteiger partial charge in [-0.3, -0.25) is 4.79 Å². The number of carbonyl (C=O) groups excluding carboxylic acids is 1. The summed E-state index contributed by atoms with van der Waals surface area (Å²) in [5, 5.41) is 3.57. The van der Waals surface area contributed by atoms with Crippen LogP contribution in [0.2, 0.25) is 0 Å². The second-order valence-electron chi connectivity index (χ2n) is 5.14. The van der Waals surface area contributed by atoms with Gasteiger partial charge in [0.2, 0.25) is 10.0 Å². The number of nitrogens with one attached hydrogen (secondary N) is 2. The summed E-state index contributed by atoms with van der Waals surface area (Å²) in [5.74, 6) is -0.352. The molecule has 0 bridgehead atoms. The highest BCUT2D eigenvalue weighted by molar-refractivity contribution is 7.89. The Balaban J connectivity index is 1.75. The molecule has 2 N–H and O–H groups in total. The predicted molar refractivity (Wildman–Crippen MR) is 92.4 cm³/mol. The van der Waals surface area contributed by atoms with Crippen molar-refractivity contribution in [3.63, 3.8) is 0 Å². The van der Waals surface area contributed by atoms with Crippen molar-refractivity contribution in [2.45, 2.75) is 11.4 Å². The van der Waals surface area contributed by atoms with E-state index in [1.54, 1.807) is 7.05 Å². The summed E-state index contributed by atoms with van der Waals surface area (Å²) in [7, 11) is -0.624. The molecule has 126 valence electrons. The highest BCUT2D eigenvalue weighted by atomic mass is 32.2. The highest BCUT2D eigenvalue weighted by Gasteiger charge is 2.19. The van der Waals surface area contributed by atoms with Gasteiger partial charge in [-0.05, 0) is 25.2 Å². The van der Waals surface area contributed by atoms with Crippen LogP contribution in [0.25, 0.3) is 10.2 Å². The Kier molecular flexibility index (Phi) is 4.39. The summed E-state index contributed by atoms with van der Waals surface area (Å²) in [6, 6.07) is 9.10. The lowest BCUT2D eigenvalue weighted by Gasteiger charge is -2.03. The van der Waals surface area contributed by atoms with Crippen LogP contribution in [0.5, 0.6) is 0 Å². The van der Waals surface area contributed by atoms with E-state index >= 15 is 0 Å². The third-order valence-corrected chi connectivity index (χ3v) is 5.95. The van der Waals surface area contributed by atoms with E-state index in [-0.39, 0.29) is 23.0 Å². The van der Waals surface area contributed by atoms with Gasteiger partial charge in [0.25, 0.3) is 5.91 Å². The summed E-state index contributed by atoms with van der Waals surface area (Å²) in [6.07, 6.45) is 1.40. The average Bonchev–Trinajstić information content (AvgIpc) is 3.16. The fourth-order valence-corrected chi connectivity index (χ4v) is 3.97. The minimum absolute atomic E-state index is 0.0534. The van der Waals surface area contributed by atoms with Gasteiger partial charge in [-0.15, -0.1) is 11.3 Å². The molecule has 3 rings (SSSR count). The van der Waals surface area contributed by atoms with Crippen LogP contribution in [0, 0.1) is 0 Å². The maximum absolute atomic E-state index is 12.3. The second-order valence-corrected chi connectivity index (χ2v) is 8.14. The van der Waals surface area contributed by atoms with Crippen LogP contribution in [-0.2, 0) is 23.6 Å². The number of nitrogens with zero attached hydrogens (tertiary/aromatic N) is 2. The third kappa shape index (κ3) is 3.18. The zero-order valence-corrected chi connectivity index (χ0v) is 14.7. The van der Waals surface area contributed by atoms with Crippen LogP contribution in [0.15, 0.2) is 41.4 Å². The predicted octanol–water partition coefficient (Wildman–Crippen LogP) is 1.47. The average molecular weight is 364 g/mol. The number of amides is 1. The minimum atomic E-state index is -3.58. The first kappa shape index (κ1) is 16.6. The third-order valence-electron chi connectivity index (χ3n) is 3.53. The highest BCUT2D eigenvalue weighted by Crippen LogP contribution is 2.21. The fourth-order valence-electron chi connectivity index (χ4n) is 2.27. The van der Waals surface area contributed by atoms with Gasteiger partial charge in [0.1, 0.15) is 15.6 Å². The van der Waals surface area contributed by atoms with Crippen molar-refractivity contribution in [1.29, 1.82) is 0 Å². The minimum Gasteiger partial charge on any atom is -0.345 e. The van der Waals surface area contributed by atoms with Crippen molar-refractivity contribution >= 4 is 37.5 Å². The largest absolute Gasteiger partial charge is 0.345 e. The molecule has 0 saturated carbocycles. The van der Waals surface area contributed by atoms with Crippen LogP contribution < -0.4 is 10.0 Å². The fraction of sp³-hybridized carbons (Fsp3) is 0.200. The van der Waals surface area contributed by atoms with E-state index in [1.165, 1.54) is 35.2 Å². The number of sulfonamides is 1. The zero-order valence-electron chi connectivity index (χ0n) is 13.1. The number of benzene rings is 1. The lowest BCUT2D eigenvalue weighted by molar-refractivity contribution is 0.0942. The van der Waals surface area contributed by atoms with Crippen LogP contribution in [-0.4, -0.2) is 30.9 Å². The maximum Gasteiger partial charge on any atom is 0.268 e. The van der Waals surface area contributed by atoms with Crippen molar-refractivity contribution in [2.75, 3.05) is 7.05 Å². The number of hydrogen-bond donors (Lipinski definition) is 2. The number of fused-ring (bicyclic) bond motifs is 1. The molecule has 1 aromatic carbocycles. The number of aromatic nitrogens is 2. The first-order chi connectivity index (χ1) is 11.4. The molecule has 2 heterocycles. The second kappa shape index (κ2) is 6.34. The first-order valence-electron chi connectivity index (χ1n) is 7.13. The molecule has 9 heteroatoms. The van der Waals surface area contributed by atoms with Gasteiger partial charge in [-0.25, -0.2) is 18.1 Å².